The molecule has 1 aliphatic rings. The van der Waals surface area contributed by atoms with Crippen LogP contribution in [0.25, 0.3) is 0 Å². The van der Waals surface area contributed by atoms with Crippen LogP contribution >= 0.6 is 0 Å². The fraction of sp³-hybridized carbons (Fsp3) is 0.353. The molecule has 2 amide bonds. The van der Waals surface area contributed by atoms with Crippen molar-refractivity contribution >= 4 is 6.03 Å². The Morgan fingerprint density at radius 1 is 1.46 bits per heavy atom. The zero-order valence-corrected chi connectivity index (χ0v) is 13.7. The fourth-order valence-corrected chi connectivity index (χ4v) is 2.82. The second-order valence-electron chi connectivity index (χ2n) is 5.78. The van der Waals surface area contributed by atoms with Crippen molar-refractivity contribution in [3.8, 4) is 5.88 Å². The van der Waals surface area contributed by atoms with Crippen LogP contribution in [0.1, 0.15) is 29.7 Å². The van der Waals surface area contributed by atoms with Gasteiger partial charge in [-0.2, -0.15) is 0 Å². The summed E-state index contributed by atoms with van der Waals surface area (Å²) in [6.07, 6.45) is 3.98. The van der Waals surface area contributed by atoms with Crippen molar-refractivity contribution in [2.45, 2.75) is 25.9 Å². The first-order valence-electron chi connectivity index (χ1n) is 7.83. The van der Waals surface area contributed by atoms with Crippen LogP contribution in [0.5, 0.6) is 5.88 Å². The number of methoxy groups -OCH3 is 1. The molecule has 0 saturated heterocycles. The maximum Gasteiger partial charge on any atom is 0.318 e. The van der Waals surface area contributed by atoms with Crippen molar-refractivity contribution in [2.24, 2.45) is 0 Å². The van der Waals surface area contributed by atoms with Gasteiger partial charge in [0, 0.05) is 30.6 Å². The quantitative estimate of drug-likeness (QED) is 0.896. The molecule has 7 heteroatoms. The summed E-state index contributed by atoms with van der Waals surface area (Å²) in [4.78, 5) is 32.8. The normalized spacial score (nSPS) is 14.7. The van der Waals surface area contributed by atoms with Gasteiger partial charge < -0.3 is 19.9 Å². The molecule has 0 unspecified atom stereocenters. The van der Waals surface area contributed by atoms with E-state index in [4.69, 9.17) is 4.74 Å². The van der Waals surface area contributed by atoms with Crippen molar-refractivity contribution in [1.82, 2.24) is 20.2 Å². The zero-order chi connectivity index (χ0) is 17.1. The first-order valence-corrected chi connectivity index (χ1v) is 7.83. The fourth-order valence-electron chi connectivity index (χ4n) is 2.82. The number of amides is 2. The number of fused-ring (bicyclic) bond motifs is 1. The summed E-state index contributed by atoms with van der Waals surface area (Å²) in [5.74, 6) is 0.507. The summed E-state index contributed by atoms with van der Waals surface area (Å²) in [6.45, 7) is 2.82. The molecule has 2 aromatic heterocycles. The Morgan fingerprint density at radius 3 is 3.08 bits per heavy atom. The number of hydrogen-bond acceptors (Lipinski definition) is 4. The molecule has 0 spiro atoms. The molecular formula is C17H20N4O3. The van der Waals surface area contributed by atoms with Gasteiger partial charge in [0.1, 0.15) is 0 Å². The van der Waals surface area contributed by atoms with Crippen LogP contribution in [0.2, 0.25) is 0 Å². The first kappa shape index (κ1) is 16.0. The number of carbonyl (C=O) groups excluding carboxylic acids is 1. The van der Waals surface area contributed by atoms with Gasteiger partial charge in [-0.25, -0.2) is 9.78 Å². The summed E-state index contributed by atoms with van der Waals surface area (Å²) < 4.78 is 5.11. The van der Waals surface area contributed by atoms with E-state index in [0.717, 1.165) is 11.1 Å². The SMILES string of the molecule is COc1cc([C@@H](C)NC(=O)N2CCc3cc[nH]c(=O)c3C2)ccn1. The zero-order valence-electron chi connectivity index (χ0n) is 13.7. The van der Waals surface area contributed by atoms with E-state index < -0.39 is 0 Å². The molecule has 3 rings (SSSR count). The monoisotopic (exact) mass is 328 g/mol. The van der Waals surface area contributed by atoms with Crippen LogP contribution in [-0.2, 0) is 13.0 Å². The largest absolute Gasteiger partial charge is 0.481 e. The molecule has 1 atom stereocenters. The van der Waals surface area contributed by atoms with Crippen LogP contribution < -0.4 is 15.6 Å². The predicted octanol–water partition coefficient (Wildman–Crippen LogP) is 1.61. The molecule has 0 aromatic carbocycles. The number of ether oxygens (including phenoxy) is 1. The number of aromatic amines is 1. The molecule has 0 fully saturated rings. The molecule has 0 bridgehead atoms. The molecule has 0 saturated carbocycles. The summed E-state index contributed by atoms with van der Waals surface area (Å²) in [6, 6.07) is 5.15. The maximum atomic E-state index is 12.5. The van der Waals surface area contributed by atoms with Gasteiger partial charge in [-0.15, -0.1) is 0 Å². The summed E-state index contributed by atoms with van der Waals surface area (Å²) >= 11 is 0. The van der Waals surface area contributed by atoms with Gasteiger partial charge in [0.05, 0.1) is 19.7 Å². The minimum absolute atomic E-state index is 0.128. The lowest BCUT2D eigenvalue weighted by Crippen LogP contribution is -2.45. The van der Waals surface area contributed by atoms with Gasteiger partial charge in [0.15, 0.2) is 0 Å². The molecule has 126 valence electrons. The molecule has 2 aromatic rings. The van der Waals surface area contributed by atoms with Gasteiger partial charge in [0.25, 0.3) is 5.56 Å². The van der Waals surface area contributed by atoms with Gasteiger partial charge in [-0.05, 0) is 36.6 Å². The van der Waals surface area contributed by atoms with E-state index in [1.54, 1.807) is 30.5 Å². The molecule has 2 N–H and O–H groups in total. The molecular weight excluding hydrogens is 308 g/mol. The number of nitrogens with one attached hydrogen (secondary N) is 2. The lowest BCUT2D eigenvalue weighted by molar-refractivity contribution is 0.188. The highest BCUT2D eigenvalue weighted by molar-refractivity contribution is 5.75. The van der Waals surface area contributed by atoms with E-state index in [1.165, 1.54) is 0 Å². The van der Waals surface area contributed by atoms with Crippen LogP contribution in [0, 0.1) is 0 Å². The minimum Gasteiger partial charge on any atom is -0.481 e. The second kappa shape index (κ2) is 6.74. The van der Waals surface area contributed by atoms with Crippen molar-refractivity contribution < 1.29 is 9.53 Å². The van der Waals surface area contributed by atoms with Crippen molar-refractivity contribution in [1.29, 1.82) is 0 Å². The van der Waals surface area contributed by atoms with Gasteiger partial charge >= 0.3 is 6.03 Å². The van der Waals surface area contributed by atoms with Crippen LogP contribution in [0.3, 0.4) is 0 Å². The molecule has 24 heavy (non-hydrogen) atoms. The molecule has 0 aliphatic carbocycles. The third kappa shape index (κ3) is 3.24. The summed E-state index contributed by atoms with van der Waals surface area (Å²) in [5, 5.41) is 2.96. The number of H-pyrrole nitrogens is 1. The van der Waals surface area contributed by atoms with E-state index in [-0.39, 0.29) is 17.6 Å². The Morgan fingerprint density at radius 2 is 2.29 bits per heavy atom. The molecule has 0 radical (unpaired) electrons. The van der Waals surface area contributed by atoms with E-state index >= 15 is 0 Å². The van der Waals surface area contributed by atoms with Crippen molar-refractivity contribution in [2.75, 3.05) is 13.7 Å². The number of nitrogens with zero attached hydrogens (tertiary/aromatic N) is 2. The Labute approximate surface area is 139 Å². The topological polar surface area (TPSA) is 87.3 Å². The van der Waals surface area contributed by atoms with Crippen LogP contribution in [-0.4, -0.2) is 34.6 Å². The number of aromatic nitrogens is 2. The van der Waals surface area contributed by atoms with Crippen molar-refractivity contribution in [3.63, 3.8) is 0 Å². The molecule has 7 nitrogen and oxygen atoms in total. The van der Waals surface area contributed by atoms with Crippen LogP contribution in [0.4, 0.5) is 4.79 Å². The van der Waals surface area contributed by atoms with Crippen molar-refractivity contribution in [3.05, 3.63) is 57.6 Å². The Balaban J connectivity index is 1.69. The van der Waals surface area contributed by atoms with E-state index in [2.05, 4.69) is 15.3 Å². The smallest absolute Gasteiger partial charge is 0.318 e. The lowest BCUT2D eigenvalue weighted by atomic mass is 10.0. The first-order chi connectivity index (χ1) is 11.6. The van der Waals surface area contributed by atoms with E-state index in [9.17, 15) is 9.59 Å². The predicted molar refractivity (Wildman–Crippen MR) is 88.9 cm³/mol. The minimum atomic E-state index is -0.190. The Bertz CT molecular complexity index is 802. The number of urea groups is 1. The molecule has 1 aliphatic heterocycles. The number of rotatable bonds is 3. The van der Waals surface area contributed by atoms with Crippen LogP contribution in [0.15, 0.2) is 35.4 Å². The third-order valence-corrected chi connectivity index (χ3v) is 4.26. The Kier molecular flexibility index (Phi) is 4.50. The molecule has 3 heterocycles. The average molecular weight is 328 g/mol. The third-order valence-electron chi connectivity index (χ3n) is 4.26. The Hall–Kier alpha value is -2.83. The summed E-state index contributed by atoms with van der Waals surface area (Å²) in [5.41, 5.74) is 2.45. The maximum absolute atomic E-state index is 12.5. The lowest BCUT2D eigenvalue weighted by Gasteiger charge is -2.29. The highest BCUT2D eigenvalue weighted by Crippen LogP contribution is 2.18. The number of carbonyl (C=O) groups is 1. The highest BCUT2D eigenvalue weighted by atomic mass is 16.5. The number of pyridine rings is 2. The average Bonchev–Trinajstić information content (AvgIpc) is 2.61. The van der Waals surface area contributed by atoms with E-state index in [1.807, 2.05) is 19.1 Å². The van der Waals surface area contributed by atoms with E-state index in [0.29, 0.717) is 31.0 Å². The second-order valence-corrected chi connectivity index (χ2v) is 5.78. The van der Waals surface area contributed by atoms with Gasteiger partial charge in [-0.1, -0.05) is 0 Å². The standard InChI is InChI=1S/C17H20N4O3/c1-11(13-4-6-18-15(9-13)24-2)20-17(23)21-8-5-12-3-7-19-16(22)14(12)10-21/h3-4,6-7,9,11H,5,8,10H2,1-2H3,(H,19,22)(H,20,23)/t11-/m1/s1. The van der Waals surface area contributed by atoms with Gasteiger partial charge in [-0.3, -0.25) is 4.79 Å². The number of hydrogen-bond donors (Lipinski definition) is 2. The summed E-state index contributed by atoms with van der Waals surface area (Å²) in [7, 11) is 1.55. The highest BCUT2D eigenvalue weighted by Gasteiger charge is 2.23. The van der Waals surface area contributed by atoms with Gasteiger partial charge in [0.2, 0.25) is 5.88 Å².